The van der Waals surface area contributed by atoms with Crippen LogP contribution in [0, 0.1) is 13.8 Å². The molecule has 1 unspecified atom stereocenters. The summed E-state index contributed by atoms with van der Waals surface area (Å²) in [6.07, 6.45) is 1.66. The molecule has 8 heteroatoms. The molecule has 2 aromatic heterocycles. The van der Waals surface area contributed by atoms with Crippen LogP contribution in [0.25, 0.3) is 11.0 Å². The number of rotatable bonds is 5. The lowest BCUT2D eigenvalue weighted by Crippen LogP contribution is -2.29. The molecule has 32 heavy (non-hydrogen) atoms. The molecule has 0 radical (unpaired) electrons. The second-order valence-corrected chi connectivity index (χ2v) is 8.39. The van der Waals surface area contributed by atoms with Crippen LogP contribution in [0.3, 0.4) is 0 Å². The van der Waals surface area contributed by atoms with Crippen LogP contribution in [0.4, 0.5) is 5.13 Å². The van der Waals surface area contributed by atoms with Crippen LogP contribution in [-0.2, 0) is 0 Å². The van der Waals surface area contributed by atoms with Crippen molar-refractivity contribution in [2.75, 3.05) is 11.5 Å². The maximum atomic E-state index is 13.6. The van der Waals surface area contributed by atoms with Gasteiger partial charge in [-0.25, -0.2) is 0 Å². The molecule has 0 fully saturated rings. The van der Waals surface area contributed by atoms with Gasteiger partial charge in [0.2, 0.25) is 10.9 Å². The van der Waals surface area contributed by atoms with E-state index in [2.05, 4.69) is 16.8 Å². The van der Waals surface area contributed by atoms with Crippen LogP contribution >= 0.6 is 11.3 Å². The van der Waals surface area contributed by atoms with Gasteiger partial charge in [0, 0.05) is 0 Å². The molecule has 1 aliphatic rings. The zero-order chi connectivity index (χ0) is 22.4. The smallest absolute Gasteiger partial charge is 0.297 e. The first kappa shape index (κ1) is 20.1. The molecule has 1 atom stereocenters. The molecule has 0 bridgehead atoms. The van der Waals surface area contributed by atoms with Crippen molar-refractivity contribution >= 4 is 33.3 Å². The van der Waals surface area contributed by atoms with E-state index < -0.39 is 11.9 Å². The minimum Gasteiger partial charge on any atom is -0.490 e. The quantitative estimate of drug-likeness (QED) is 0.418. The number of amides is 1. The third-order valence-corrected chi connectivity index (χ3v) is 6.29. The van der Waals surface area contributed by atoms with Gasteiger partial charge in [-0.2, -0.15) is 0 Å². The number of nitrogens with zero attached hydrogens (tertiary/aromatic N) is 3. The SMILES string of the molecule is C=CCOc1ccc(C2c3c(oc4cc(C)c(C)cc4c3=O)C(=O)N2c2nncs2)cc1. The number of aromatic nitrogens is 2. The van der Waals surface area contributed by atoms with Gasteiger partial charge >= 0.3 is 0 Å². The van der Waals surface area contributed by atoms with Crippen LogP contribution in [0.15, 0.2) is 63.8 Å². The first-order chi connectivity index (χ1) is 15.5. The van der Waals surface area contributed by atoms with Crippen molar-refractivity contribution in [3.8, 4) is 5.75 Å². The minimum atomic E-state index is -0.679. The van der Waals surface area contributed by atoms with Crippen molar-refractivity contribution in [2.24, 2.45) is 0 Å². The van der Waals surface area contributed by atoms with Gasteiger partial charge in [-0.3, -0.25) is 14.5 Å². The summed E-state index contributed by atoms with van der Waals surface area (Å²) in [4.78, 5) is 28.5. The van der Waals surface area contributed by atoms with E-state index in [1.807, 2.05) is 32.0 Å². The van der Waals surface area contributed by atoms with Gasteiger partial charge in [0.05, 0.1) is 17.0 Å². The van der Waals surface area contributed by atoms with Crippen LogP contribution in [0.1, 0.15) is 38.9 Å². The first-order valence-corrected chi connectivity index (χ1v) is 10.9. The van der Waals surface area contributed by atoms with Gasteiger partial charge in [0.25, 0.3) is 5.91 Å². The molecule has 1 aliphatic heterocycles. The molecule has 1 amide bonds. The molecule has 0 N–H and O–H groups in total. The number of fused-ring (bicyclic) bond motifs is 2. The van der Waals surface area contributed by atoms with Crippen molar-refractivity contribution in [3.63, 3.8) is 0 Å². The number of anilines is 1. The highest BCUT2D eigenvalue weighted by Crippen LogP contribution is 2.42. The van der Waals surface area contributed by atoms with Gasteiger partial charge in [-0.15, -0.1) is 10.2 Å². The lowest BCUT2D eigenvalue weighted by molar-refractivity contribution is 0.0970. The van der Waals surface area contributed by atoms with E-state index >= 15 is 0 Å². The summed E-state index contributed by atoms with van der Waals surface area (Å²) in [5, 5.41) is 8.82. The van der Waals surface area contributed by atoms with Gasteiger partial charge in [-0.1, -0.05) is 36.1 Å². The van der Waals surface area contributed by atoms with Crippen molar-refractivity contribution in [3.05, 3.63) is 92.8 Å². The van der Waals surface area contributed by atoms with Crippen LogP contribution in [0.5, 0.6) is 5.75 Å². The lowest BCUT2D eigenvalue weighted by atomic mass is 9.97. The molecule has 7 nitrogen and oxygen atoms in total. The largest absolute Gasteiger partial charge is 0.490 e. The van der Waals surface area contributed by atoms with Gasteiger partial charge < -0.3 is 9.15 Å². The highest BCUT2D eigenvalue weighted by molar-refractivity contribution is 7.13. The molecule has 0 saturated carbocycles. The Kier molecular flexibility index (Phi) is 4.86. The van der Waals surface area contributed by atoms with Gasteiger partial charge in [0.1, 0.15) is 23.4 Å². The fraction of sp³-hybridized carbons (Fsp3) is 0.167. The van der Waals surface area contributed by atoms with Gasteiger partial charge in [0.15, 0.2) is 5.43 Å². The highest BCUT2D eigenvalue weighted by atomic mass is 32.1. The van der Waals surface area contributed by atoms with Crippen LogP contribution in [0.2, 0.25) is 0 Å². The first-order valence-electron chi connectivity index (χ1n) is 10.0. The maximum absolute atomic E-state index is 13.6. The summed E-state index contributed by atoms with van der Waals surface area (Å²) < 4.78 is 11.6. The van der Waals surface area contributed by atoms with Crippen molar-refractivity contribution in [2.45, 2.75) is 19.9 Å². The lowest BCUT2D eigenvalue weighted by Gasteiger charge is -2.22. The zero-order valence-electron chi connectivity index (χ0n) is 17.5. The molecule has 0 spiro atoms. The second-order valence-electron chi connectivity index (χ2n) is 7.57. The molecular weight excluding hydrogens is 426 g/mol. The summed E-state index contributed by atoms with van der Waals surface area (Å²) in [5.41, 5.74) is 4.74. The Balaban J connectivity index is 1.73. The standard InChI is InChI=1S/C24H19N3O4S/c1-4-9-30-16-7-5-15(6-8-16)20-19-21(28)17-10-13(2)14(3)11-18(17)31-22(19)23(29)27(20)24-26-25-12-32-24/h4-8,10-12,20H,1,9H2,2-3H3. The normalized spacial score (nSPS) is 15.2. The Morgan fingerprint density at radius 1 is 1.19 bits per heavy atom. The predicted molar refractivity (Wildman–Crippen MR) is 123 cm³/mol. The third-order valence-electron chi connectivity index (χ3n) is 5.60. The maximum Gasteiger partial charge on any atom is 0.297 e. The molecule has 4 aromatic rings. The Hall–Kier alpha value is -3.78. The van der Waals surface area contributed by atoms with Crippen LogP contribution in [-0.4, -0.2) is 22.7 Å². The minimum absolute atomic E-state index is 0.0398. The summed E-state index contributed by atoms with van der Waals surface area (Å²) in [6, 6.07) is 10.2. The van der Waals surface area contributed by atoms with E-state index in [4.69, 9.17) is 9.15 Å². The summed E-state index contributed by atoms with van der Waals surface area (Å²) in [5.74, 6) is 0.293. The Labute approximate surface area is 187 Å². The van der Waals surface area contributed by atoms with Crippen LogP contribution < -0.4 is 15.1 Å². The molecule has 5 rings (SSSR count). The predicted octanol–water partition coefficient (Wildman–Crippen LogP) is 4.58. The molecule has 2 aromatic carbocycles. The van der Waals surface area contributed by atoms with E-state index in [0.717, 1.165) is 16.7 Å². The molecule has 3 heterocycles. The van der Waals surface area contributed by atoms with E-state index in [9.17, 15) is 9.59 Å². The van der Waals surface area contributed by atoms with Crippen molar-refractivity contribution in [1.29, 1.82) is 0 Å². The van der Waals surface area contributed by atoms with E-state index in [0.29, 0.717) is 34.0 Å². The van der Waals surface area contributed by atoms with E-state index in [-0.39, 0.29) is 11.2 Å². The average Bonchev–Trinajstić information content (AvgIpc) is 3.41. The number of aryl methyl sites for hydroxylation is 2. The summed E-state index contributed by atoms with van der Waals surface area (Å²) >= 11 is 1.23. The topological polar surface area (TPSA) is 85.5 Å². The number of benzene rings is 2. The molecule has 0 saturated heterocycles. The molecule has 160 valence electrons. The third kappa shape index (κ3) is 3.11. The fourth-order valence-electron chi connectivity index (χ4n) is 3.91. The number of carbonyl (C=O) groups is 1. The Morgan fingerprint density at radius 3 is 2.62 bits per heavy atom. The zero-order valence-corrected chi connectivity index (χ0v) is 18.3. The van der Waals surface area contributed by atoms with E-state index in [1.54, 1.807) is 29.8 Å². The monoisotopic (exact) mass is 445 g/mol. The summed E-state index contributed by atoms with van der Waals surface area (Å²) in [6.45, 7) is 7.92. The average molecular weight is 446 g/mol. The number of hydrogen-bond donors (Lipinski definition) is 0. The molecular formula is C24H19N3O4S. The number of ether oxygens (including phenoxy) is 1. The molecule has 0 aliphatic carbocycles. The fourth-order valence-corrected chi connectivity index (χ4v) is 4.50. The number of hydrogen-bond acceptors (Lipinski definition) is 7. The van der Waals surface area contributed by atoms with Gasteiger partial charge in [-0.05, 0) is 54.8 Å². The van der Waals surface area contributed by atoms with Crippen molar-refractivity contribution in [1.82, 2.24) is 10.2 Å². The highest BCUT2D eigenvalue weighted by Gasteiger charge is 2.45. The number of carbonyl (C=O) groups excluding carboxylic acids is 1. The Bertz CT molecular complexity index is 1410. The second kappa shape index (κ2) is 7.72. The summed E-state index contributed by atoms with van der Waals surface area (Å²) in [7, 11) is 0. The van der Waals surface area contributed by atoms with Crippen molar-refractivity contribution < 1.29 is 13.9 Å². The Morgan fingerprint density at radius 2 is 1.94 bits per heavy atom. The van der Waals surface area contributed by atoms with E-state index in [1.165, 1.54) is 16.2 Å².